The van der Waals surface area contributed by atoms with Crippen LogP contribution in [-0.2, 0) is 14.3 Å². The summed E-state index contributed by atoms with van der Waals surface area (Å²) in [6.45, 7) is 5.24. The van der Waals surface area contributed by atoms with Crippen LogP contribution >= 0.6 is 24.0 Å². The van der Waals surface area contributed by atoms with Crippen LogP contribution in [0.3, 0.4) is 0 Å². The van der Waals surface area contributed by atoms with E-state index in [1.54, 1.807) is 0 Å². The number of nitrogens with zero attached hydrogens (tertiary/aromatic N) is 3. The molecule has 0 saturated carbocycles. The molecule has 2 amide bonds. The number of rotatable bonds is 3. The van der Waals surface area contributed by atoms with E-state index >= 15 is 0 Å². The van der Waals surface area contributed by atoms with E-state index in [4.69, 9.17) is 17.0 Å². The Morgan fingerprint density at radius 2 is 1.81 bits per heavy atom. The molecule has 3 atom stereocenters. The van der Waals surface area contributed by atoms with E-state index in [-0.39, 0.29) is 36.1 Å². The van der Waals surface area contributed by atoms with Crippen LogP contribution in [0.2, 0.25) is 0 Å². The van der Waals surface area contributed by atoms with Crippen LogP contribution in [0.1, 0.15) is 20.3 Å². The van der Waals surface area contributed by atoms with Gasteiger partial charge in [-0.25, -0.2) is 4.90 Å². The number of hydrogen-bond donors (Lipinski definition) is 0. The minimum atomic E-state index is -0.589. The van der Waals surface area contributed by atoms with Crippen molar-refractivity contribution in [2.24, 2.45) is 0 Å². The van der Waals surface area contributed by atoms with Crippen LogP contribution < -0.4 is 4.90 Å². The van der Waals surface area contributed by atoms with Crippen molar-refractivity contribution in [2.45, 2.75) is 37.7 Å². The number of carbonyl (C=O) groups is 2. The van der Waals surface area contributed by atoms with Crippen molar-refractivity contribution >= 4 is 51.5 Å². The third kappa shape index (κ3) is 4.28. The number of non-ortho nitro benzene ring substituents is 1. The van der Waals surface area contributed by atoms with Crippen LogP contribution in [0.25, 0.3) is 0 Å². The lowest BCUT2D eigenvalue weighted by Gasteiger charge is -2.36. The molecule has 0 N–H and O–H groups in total. The summed E-state index contributed by atoms with van der Waals surface area (Å²) in [6.07, 6.45) is 0.144. The molecule has 0 aromatic heterocycles. The molecule has 2 aliphatic heterocycles. The van der Waals surface area contributed by atoms with Crippen molar-refractivity contribution in [2.75, 3.05) is 18.0 Å². The Balaban J connectivity index is 1.68. The van der Waals surface area contributed by atoms with Crippen LogP contribution in [0.5, 0.6) is 0 Å². The number of morpholine rings is 1. The van der Waals surface area contributed by atoms with Gasteiger partial charge in [-0.15, -0.1) is 0 Å². The Hall–Kier alpha value is -2.04. The molecule has 27 heavy (non-hydrogen) atoms. The first kappa shape index (κ1) is 19.7. The lowest BCUT2D eigenvalue weighted by molar-refractivity contribution is -0.384. The average molecular weight is 409 g/mol. The third-order valence-electron chi connectivity index (χ3n) is 4.34. The number of hydrogen-bond acceptors (Lipinski definition) is 7. The molecule has 2 saturated heterocycles. The standard InChI is InChI=1S/C17H19N3O5S2/c1-10-8-18(9-11(2)25-10)17(26)27-14-7-15(21)19(16(14)22)12-3-5-13(6-4-12)20(23)24/h3-6,10-11,14H,7-9H2,1-2H3. The summed E-state index contributed by atoms with van der Waals surface area (Å²) in [5.74, 6) is -0.687. The highest BCUT2D eigenvalue weighted by Gasteiger charge is 2.41. The SMILES string of the molecule is CC1CN(C(=S)SC2CC(=O)N(c3ccc([N+](=O)[O-])cc3)C2=O)CC(C)O1. The number of nitro groups is 1. The molecule has 3 unspecified atom stereocenters. The van der Waals surface area contributed by atoms with Crippen LogP contribution in [0.4, 0.5) is 11.4 Å². The van der Waals surface area contributed by atoms with Gasteiger partial charge in [-0.05, 0) is 26.0 Å². The summed E-state index contributed by atoms with van der Waals surface area (Å²) < 4.78 is 6.27. The molecule has 0 bridgehead atoms. The number of anilines is 1. The molecular formula is C17H19N3O5S2. The van der Waals surface area contributed by atoms with Crippen LogP contribution in [-0.4, -0.2) is 56.5 Å². The Bertz CT molecular complexity index is 775. The van der Waals surface area contributed by atoms with Crippen molar-refractivity contribution < 1.29 is 19.2 Å². The third-order valence-corrected chi connectivity index (χ3v) is 6.00. The smallest absolute Gasteiger partial charge is 0.269 e. The van der Waals surface area contributed by atoms with Crippen LogP contribution in [0.15, 0.2) is 24.3 Å². The summed E-state index contributed by atoms with van der Waals surface area (Å²) in [4.78, 5) is 38.4. The van der Waals surface area contributed by atoms with Crippen molar-refractivity contribution in [1.82, 2.24) is 4.90 Å². The molecule has 2 fully saturated rings. The lowest BCUT2D eigenvalue weighted by atomic mass is 10.2. The minimum absolute atomic E-state index is 0.0461. The van der Waals surface area contributed by atoms with E-state index in [9.17, 15) is 19.7 Å². The highest BCUT2D eigenvalue weighted by molar-refractivity contribution is 8.23. The predicted molar refractivity (Wildman–Crippen MR) is 106 cm³/mol. The highest BCUT2D eigenvalue weighted by atomic mass is 32.2. The number of thiocarbonyl (C=S) groups is 1. The first-order valence-corrected chi connectivity index (χ1v) is 9.77. The van der Waals surface area contributed by atoms with E-state index in [0.717, 1.165) is 4.90 Å². The van der Waals surface area contributed by atoms with Gasteiger partial charge in [0.05, 0.1) is 22.8 Å². The molecule has 144 valence electrons. The largest absolute Gasteiger partial charge is 0.372 e. The number of amides is 2. The van der Waals surface area contributed by atoms with Crippen molar-refractivity contribution in [1.29, 1.82) is 0 Å². The molecule has 1 aromatic carbocycles. The quantitative estimate of drug-likeness (QED) is 0.325. The van der Waals surface area contributed by atoms with Gasteiger partial charge in [0.1, 0.15) is 9.57 Å². The maximum Gasteiger partial charge on any atom is 0.269 e. The number of thioether (sulfide) groups is 1. The van der Waals surface area contributed by atoms with Crippen LogP contribution in [0, 0.1) is 10.1 Å². The first-order chi connectivity index (χ1) is 12.8. The van der Waals surface area contributed by atoms with Gasteiger partial charge in [0, 0.05) is 31.6 Å². The zero-order chi connectivity index (χ0) is 19.7. The fourth-order valence-electron chi connectivity index (χ4n) is 3.21. The number of ether oxygens (including phenoxy) is 1. The molecule has 0 radical (unpaired) electrons. The Labute approximate surface area is 166 Å². The zero-order valence-corrected chi connectivity index (χ0v) is 16.5. The normalized spacial score (nSPS) is 25.8. The second-order valence-electron chi connectivity index (χ2n) is 6.58. The van der Waals surface area contributed by atoms with Gasteiger partial charge >= 0.3 is 0 Å². The number of benzene rings is 1. The Kier molecular flexibility index (Phi) is 5.78. The maximum atomic E-state index is 12.7. The van der Waals surface area contributed by atoms with E-state index in [2.05, 4.69) is 0 Å². The van der Waals surface area contributed by atoms with E-state index in [1.165, 1.54) is 36.0 Å². The van der Waals surface area contributed by atoms with Gasteiger partial charge in [-0.3, -0.25) is 19.7 Å². The van der Waals surface area contributed by atoms with Gasteiger partial charge in [0.15, 0.2) is 0 Å². The zero-order valence-electron chi connectivity index (χ0n) is 14.9. The van der Waals surface area contributed by atoms with Gasteiger partial charge in [-0.1, -0.05) is 24.0 Å². The van der Waals surface area contributed by atoms with Gasteiger partial charge < -0.3 is 9.64 Å². The Morgan fingerprint density at radius 3 is 2.37 bits per heavy atom. The highest BCUT2D eigenvalue weighted by Crippen LogP contribution is 2.32. The molecular weight excluding hydrogens is 390 g/mol. The summed E-state index contributed by atoms with van der Waals surface area (Å²) in [7, 11) is 0. The molecule has 0 spiro atoms. The van der Waals surface area contributed by atoms with E-state index in [1.807, 2.05) is 18.7 Å². The molecule has 10 heteroatoms. The molecule has 0 aliphatic carbocycles. The second kappa shape index (κ2) is 7.91. The fraction of sp³-hybridized carbons (Fsp3) is 0.471. The Morgan fingerprint density at radius 1 is 1.22 bits per heavy atom. The topological polar surface area (TPSA) is 93.0 Å². The summed E-state index contributed by atoms with van der Waals surface area (Å²) >= 11 is 6.70. The van der Waals surface area contributed by atoms with Crippen molar-refractivity contribution in [3.8, 4) is 0 Å². The van der Waals surface area contributed by atoms with Gasteiger partial charge in [0.25, 0.3) is 5.69 Å². The summed E-state index contributed by atoms with van der Waals surface area (Å²) in [5, 5.41) is 10.2. The maximum absolute atomic E-state index is 12.7. The molecule has 8 nitrogen and oxygen atoms in total. The van der Waals surface area contributed by atoms with Gasteiger partial charge in [0.2, 0.25) is 11.8 Å². The number of nitro benzene ring substituents is 1. The molecule has 1 aromatic rings. The van der Waals surface area contributed by atoms with Crippen molar-refractivity contribution in [3.63, 3.8) is 0 Å². The first-order valence-electron chi connectivity index (χ1n) is 8.48. The average Bonchev–Trinajstić information content (AvgIpc) is 2.87. The minimum Gasteiger partial charge on any atom is -0.372 e. The van der Waals surface area contributed by atoms with Crippen molar-refractivity contribution in [3.05, 3.63) is 34.4 Å². The fourth-order valence-corrected chi connectivity index (χ4v) is 4.69. The number of carbonyl (C=O) groups excluding carboxylic acids is 2. The lowest BCUT2D eigenvalue weighted by Crippen LogP contribution is -2.47. The molecule has 2 aliphatic rings. The second-order valence-corrected chi connectivity index (χ2v) is 8.42. The summed E-state index contributed by atoms with van der Waals surface area (Å²) in [5.41, 5.74) is 0.235. The van der Waals surface area contributed by atoms with E-state index in [0.29, 0.717) is 23.1 Å². The molecule has 2 heterocycles. The molecule has 3 rings (SSSR count). The number of imide groups is 1. The predicted octanol–water partition coefficient (Wildman–Crippen LogP) is 2.35. The summed E-state index contributed by atoms with van der Waals surface area (Å²) in [6, 6.07) is 5.37. The van der Waals surface area contributed by atoms with E-state index < -0.39 is 10.2 Å². The van der Waals surface area contributed by atoms with Gasteiger partial charge in [-0.2, -0.15) is 0 Å². The monoisotopic (exact) mass is 409 g/mol.